The number of anilines is 1. The van der Waals surface area contributed by atoms with E-state index in [2.05, 4.69) is 4.90 Å². The predicted molar refractivity (Wildman–Crippen MR) is 102 cm³/mol. The van der Waals surface area contributed by atoms with Gasteiger partial charge in [-0.1, -0.05) is 22.9 Å². The van der Waals surface area contributed by atoms with Crippen molar-refractivity contribution in [1.82, 2.24) is 4.98 Å². The number of nitrogens with zero attached hydrogens (tertiary/aromatic N) is 2. The molecule has 8 heteroatoms. The van der Waals surface area contributed by atoms with Gasteiger partial charge in [0.25, 0.3) is 0 Å². The number of hydrogen-bond acceptors (Lipinski definition) is 6. The second-order valence-corrected chi connectivity index (χ2v) is 7.89. The number of carboxylic acids is 1. The molecule has 0 saturated carbocycles. The average molecular weight is 397 g/mol. The van der Waals surface area contributed by atoms with Gasteiger partial charge in [0.2, 0.25) is 0 Å². The third-order valence-electron chi connectivity index (χ3n) is 4.56. The second-order valence-electron chi connectivity index (χ2n) is 6.44. The standard InChI is InChI=1S/C18H21ClN2O4S/c19-13-1-2-14-15(11-13)26-18(20-14)21-8-5-12(6-9-21)7-10-25-17(24)4-3-16(22)23/h1-2,11-12H,3-10H2,(H,22,23). The molecule has 0 unspecified atom stereocenters. The highest BCUT2D eigenvalue weighted by molar-refractivity contribution is 7.22. The first-order valence-electron chi connectivity index (χ1n) is 8.70. The number of thiazole rings is 1. The van der Waals surface area contributed by atoms with Crippen LogP contribution in [0.25, 0.3) is 10.2 Å². The van der Waals surface area contributed by atoms with Gasteiger partial charge in [0.05, 0.1) is 29.7 Å². The van der Waals surface area contributed by atoms with Crippen LogP contribution in [0, 0.1) is 5.92 Å². The molecule has 1 aliphatic rings. The van der Waals surface area contributed by atoms with Crippen molar-refractivity contribution < 1.29 is 19.4 Å². The SMILES string of the molecule is O=C(O)CCC(=O)OCCC1CCN(c2nc3ccc(Cl)cc3s2)CC1. The molecule has 1 aliphatic heterocycles. The van der Waals surface area contributed by atoms with Crippen LogP contribution >= 0.6 is 22.9 Å². The van der Waals surface area contributed by atoms with Crippen molar-refractivity contribution in [2.75, 3.05) is 24.6 Å². The summed E-state index contributed by atoms with van der Waals surface area (Å²) in [7, 11) is 0. The third kappa shape index (κ3) is 5.08. The van der Waals surface area contributed by atoms with Crippen LogP contribution in [-0.4, -0.2) is 41.7 Å². The Balaban J connectivity index is 1.42. The summed E-state index contributed by atoms with van der Waals surface area (Å²) in [6.07, 6.45) is 2.65. The van der Waals surface area contributed by atoms with Crippen LogP contribution in [-0.2, 0) is 14.3 Å². The zero-order chi connectivity index (χ0) is 18.5. The summed E-state index contributed by atoms with van der Waals surface area (Å²) >= 11 is 7.70. The number of benzene rings is 1. The fourth-order valence-corrected chi connectivity index (χ4v) is 4.35. The first-order chi connectivity index (χ1) is 12.5. The van der Waals surface area contributed by atoms with Gasteiger partial charge in [0, 0.05) is 18.1 Å². The van der Waals surface area contributed by atoms with Crippen molar-refractivity contribution >= 4 is 50.2 Å². The van der Waals surface area contributed by atoms with Gasteiger partial charge in [-0.2, -0.15) is 0 Å². The van der Waals surface area contributed by atoms with Gasteiger partial charge in [0.1, 0.15) is 0 Å². The fourth-order valence-electron chi connectivity index (χ4n) is 3.06. The number of hydrogen-bond donors (Lipinski definition) is 1. The molecule has 3 rings (SSSR count). The molecule has 0 amide bonds. The quantitative estimate of drug-likeness (QED) is 0.713. The lowest BCUT2D eigenvalue weighted by atomic mass is 9.94. The fraction of sp³-hybridized carbons (Fsp3) is 0.500. The molecule has 2 aromatic rings. The maximum Gasteiger partial charge on any atom is 0.306 e. The molecule has 1 N–H and O–H groups in total. The molecule has 0 bridgehead atoms. The molecule has 2 heterocycles. The number of aromatic nitrogens is 1. The summed E-state index contributed by atoms with van der Waals surface area (Å²) in [5.41, 5.74) is 0.977. The normalized spacial score (nSPS) is 15.3. The molecule has 1 fully saturated rings. The van der Waals surface area contributed by atoms with E-state index in [-0.39, 0.29) is 12.8 Å². The molecular formula is C18H21ClN2O4S. The van der Waals surface area contributed by atoms with Gasteiger partial charge in [-0.25, -0.2) is 4.98 Å². The van der Waals surface area contributed by atoms with Gasteiger partial charge in [-0.05, 0) is 43.4 Å². The minimum absolute atomic E-state index is 0.0601. The molecule has 0 spiro atoms. The van der Waals surface area contributed by atoms with Crippen LogP contribution in [0.1, 0.15) is 32.1 Å². The van der Waals surface area contributed by atoms with E-state index in [1.54, 1.807) is 11.3 Å². The van der Waals surface area contributed by atoms with E-state index in [1.807, 2.05) is 18.2 Å². The maximum atomic E-state index is 11.4. The topological polar surface area (TPSA) is 79.7 Å². The Kier molecular flexibility index (Phi) is 6.32. The summed E-state index contributed by atoms with van der Waals surface area (Å²) in [5, 5.41) is 10.3. The van der Waals surface area contributed by atoms with Crippen LogP contribution in [0.4, 0.5) is 5.13 Å². The van der Waals surface area contributed by atoms with E-state index < -0.39 is 11.9 Å². The smallest absolute Gasteiger partial charge is 0.306 e. The molecule has 1 aromatic carbocycles. The molecule has 1 aromatic heterocycles. The zero-order valence-electron chi connectivity index (χ0n) is 14.3. The Bertz CT molecular complexity index is 787. The highest BCUT2D eigenvalue weighted by Gasteiger charge is 2.22. The molecular weight excluding hydrogens is 376 g/mol. The number of fused-ring (bicyclic) bond motifs is 1. The van der Waals surface area contributed by atoms with Gasteiger partial charge in [-0.3, -0.25) is 9.59 Å². The molecule has 6 nitrogen and oxygen atoms in total. The molecule has 0 aliphatic carbocycles. The van der Waals surface area contributed by atoms with Gasteiger partial charge in [-0.15, -0.1) is 0 Å². The number of rotatable bonds is 7. The van der Waals surface area contributed by atoms with Crippen molar-refractivity contribution in [3.8, 4) is 0 Å². The van der Waals surface area contributed by atoms with Gasteiger partial charge >= 0.3 is 11.9 Å². The van der Waals surface area contributed by atoms with Gasteiger partial charge in [0.15, 0.2) is 5.13 Å². The van der Waals surface area contributed by atoms with Crippen molar-refractivity contribution in [3.63, 3.8) is 0 Å². The van der Waals surface area contributed by atoms with E-state index in [1.165, 1.54) is 0 Å². The number of aliphatic carboxylic acids is 1. The van der Waals surface area contributed by atoms with Crippen molar-refractivity contribution in [1.29, 1.82) is 0 Å². The van der Waals surface area contributed by atoms with Crippen LogP contribution in [0.15, 0.2) is 18.2 Å². The molecule has 0 atom stereocenters. The van der Waals surface area contributed by atoms with E-state index in [0.29, 0.717) is 12.5 Å². The number of piperidine rings is 1. The number of esters is 1. The summed E-state index contributed by atoms with van der Waals surface area (Å²) in [6.45, 7) is 2.24. The van der Waals surface area contributed by atoms with Crippen LogP contribution < -0.4 is 4.90 Å². The number of ether oxygens (including phenoxy) is 1. The van der Waals surface area contributed by atoms with Crippen LogP contribution in [0.3, 0.4) is 0 Å². The third-order valence-corrected chi connectivity index (χ3v) is 5.87. The molecule has 140 valence electrons. The highest BCUT2D eigenvalue weighted by atomic mass is 35.5. The van der Waals surface area contributed by atoms with E-state index in [9.17, 15) is 9.59 Å². The number of carbonyl (C=O) groups excluding carboxylic acids is 1. The Morgan fingerprint density at radius 3 is 2.81 bits per heavy atom. The highest BCUT2D eigenvalue weighted by Crippen LogP contribution is 2.33. The lowest BCUT2D eigenvalue weighted by Gasteiger charge is -2.31. The van der Waals surface area contributed by atoms with Crippen molar-refractivity contribution in [2.45, 2.75) is 32.1 Å². The van der Waals surface area contributed by atoms with E-state index in [0.717, 1.165) is 52.7 Å². The molecule has 1 saturated heterocycles. The number of carbonyl (C=O) groups is 2. The zero-order valence-corrected chi connectivity index (χ0v) is 15.9. The Labute approximate surface area is 160 Å². The van der Waals surface area contributed by atoms with Crippen molar-refractivity contribution in [3.05, 3.63) is 23.2 Å². The Hall–Kier alpha value is -1.86. The number of halogens is 1. The predicted octanol–water partition coefficient (Wildman–Crippen LogP) is 3.96. The summed E-state index contributed by atoms with van der Waals surface area (Å²) < 4.78 is 6.22. The average Bonchev–Trinajstić information content (AvgIpc) is 3.03. The van der Waals surface area contributed by atoms with Crippen molar-refractivity contribution in [2.24, 2.45) is 5.92 Å². The second kappa shape index (κ2) is 8.68. The lowest BCUT2D eigenvalue weighted by molar-refractivity contribution is -0.148. The summed E-state index contributed by atoms with van der Waals surface area (Å²) in [4.78, 5) is 28.8. The van der Waals surface area contributed by atoms with Gasteiger partial charge < -0.3 is 14.7 Å². The first-order valence-corrected chi connectivity index (χ1v) is 9.89. The molecule has 0 radical (unpaired) electrons. The maximum absolute atomic E-state index is 11.4. The monoisotopic (exact) mass is 396 g/mol. The minimum Gasteiger partial charge on any atom is -0.481 e. The van der Waals surface area contributed by atoms with Crippen LogP contribution in [0.5, 0.6) is 0 Å². The Morgan fingerprint density at radius 1 is 1.31 bits per heavy atom. The summed E-state index contributed by atoms with van der Waals surface area (Å²) in [6, 6.07) is 5.75. The van der Waals surface area contributed by atoms with E-state index >= 15 is 0 Å². The first kappa shape index (κ1) is 18.9. The number of carboxylic acid groups (broad SMARTS) is 1. The Morgan fingerprint density at radius 2 is 2.08 bits per heavy atom. The van der Waals surface area contributed by atoms with Crippen LogP contribution in [0.2, 0.25) is 5.02 Å². The lowest BCUT2D eigenvalue weighted by Crippen LogP contribution is -2.34. The summed E-state index contributed by atoms with van der Waals surface area (Å²) in [5.74, 6) is -0.897. The van der Waals surface area contributed by atoms with E-state index in [4.69, 9.17) is 26.4 Å². The molecule has 26 heavy (non-hydrogen) atoms. The largest absolute Gasteiger partial charge is 0.481 e. The minimum atomic E-state index is -0.980.